The van der Waals surface area contributed by atoms with Gasteiger partial charge in [-0.05, 0) is 113 Å². The van der Waals surface area contributed by atoms with Crippen molar-refractivity contribution < 1.29 is 10.2 Å². The van der Waals surface area contributed by atoms with Crippen molar-refractivity contribution in [2.45, 2.75) is 143 Å². The maximum absolute atomic E-state index is 10.9. The predicted molar refractivity (Wildman–Crippen MR) is 201 cm³/mol. The fraction of sp³-hybridized carbons (Fsp3) is 0.650. The van der Waals surface area contributed by atoms with E-state index in [1.54, 1.807) is 0 Å². The van der Waals surface area contributed by atoms with Gasteiger partial charge in [-0.25, -0.2) is 0 Å². The van der Waals surface area contributed by atoms with Crippen LogP contribution in [0.1, 0.15) is 121 Å². The highest BCUT2D eigenvalue weighted by Gasteiger charge is 2.28. The topological polar surface area (TPSA) is 40.5 Å². The van der Waals surface area contributed by atoms with Gasteiger partial charge >= 0.3 is 0 Å². The summed E-state index contributed by atoms with van der Waals surface area (Å²) in [5, 5.41) is 21.4. The molecule has 0 radical (unpaired) electrons. The van der Waals surface area contributed by atoms with E-state index in [1.807, 2.05) is 0 Å². The van der Waals surface area contributed by atoms with Crippen molar-refractivity contribution in [2.75, 3.05) is 0 Å². The molecule has 0 aromatic heterocycles. The summed E-state index contributed by atoms with van der Waals surface area (Å²) in [6.45, 7) is 22.2. The Morgan fingerprint density at radius 2 is 1.05 bits per heavy atom. The molecule has 0 saturated heterocycles. The van der Waals surface area contributed by atoms with Gasteiger partial charge in [-0.2, -0.15) is 25.3 Å². The van der Waals surface area contributed by atoms with Crippen molar-refractivity contribution in [3.63, 3.8) is 0 Å². The van der Waals surface area contributed by atoms with Gasteiger partial charge in [0, 0.05) is 10.5 Å². The first-order chi connectivity index (χ1) is 20.5. The average molecular weight is 641 g/mol. The molecule has 2 aliphatic carbocycles. The summed E-state index contributed by atoms with van der Waals surface area (Å²) in [4.78, 5) is 0. The minimum atomic E-state index is -0.539. The molecule has 6 atom stereocenters. The van der Waals surface area contributed by atoms with E-state index in [4.69, 9.17) is 25.3 Å². The van der Waals surface area contributed by atoms with Gasteiger partial charge in [0.05, 0.1) is 12.2 Å². The molecule has 4 heteroatoms. The number of thiol groups is 2. The fourth-order valence-electron chi connectivity index (χ4n) is 6.87. The Hall–Kier alpha value is -1.20. The lowest BCUT2D eigenvalue weighted by atomic mass is 9.72. The zero-order valence-corrected chi connectivity index (χ0v) is 31.3. The smallest absolute Gasteiger partial charge is 0.0719 e. The van der Waals surface area contributed by atoms with Crippen LogP contribution >= 0.6 is 25.3 Å². The van der Waals surface area contributed by atoms with Crippen LogP contribution in [-0.4, -0.2) is 32.9 Å². The van der Waals surface area contributed by atoms with Gasteiger partial charge in [0.2, 0.25) is 0 Å². The van der Waals surface area contributed by atoms with Crippen molar-refractivity contribution in [1.82, 2.24) is 0 Å². The van der Waals surface area contributed by atoms with E-state index >= 15 is 0 Å². The van der Waals surface area contributed by atoms with E-state index in [-0.39, 0.29) is 33.2 Å². The Labute approximate surface area is 282 Å². The fourth-order valence-corrected chi connectivity index (χ4v) is 7.93. The number of hydrogen-bond donors (Lipinski definition) is 4. The zero-order chi connectivity index (χ0) is 33.2. The van der Waals surface area contributed by atoms with E-state index in [1.165, 1.54) is 60.8 Å². The molecule has 0 amide bonds. The van der Waals surface area contributed by atoms with Crippen molar-refractivity contribution in [1.29, 1.82) is 0 Å². The Bertz CT molecular complexity index is 1070. The summed E-state index contributed by atoms with van der Waals surface area (Å²) >= 11 is 9.47. The van der Waals surface area contributed by atoms with Gasteiger partial charge in [0.15, 0.2) is 0 Å². The van der Waals surface area contributed by atoms with Crippen molar-refractivity contribution >= 4 is 25.3 Å². The number of aliphatic hydroxyl groups is 2. The van der Waals surface area contributed by atoms with E-state index in [2.05, 4.69) is 118 Å². The molecular formula is C40H64O2S2. The Morgan fingerprint density at radius 3 is 1.36 bits per heavy atom. The highest BCUT2D eigenvalue weighted by Crippen LogP contribution is 2.42. The minimum Gasteiger partial charge on any atom is -0.391 e. The summed E-state index contributed by atoms with van der Waals surface area (Å²) in [7, 11) is 0. The quantitative estimate of drug-likeness (QED) is 0.0867. The third-order valence-corrected chi connectivity index (χ3v) is 10.9. The third-order valence-electron chi connectivity index (χ3n) is 10.0. The van der Waals surface area contributed by atoms with Crippen LogP contribution in [0.4, 0.5) is 0 Å². The highest BCUT2D eigenvalue weighted by molar-refractivity contribution is 7.81. The van der Waals surface area contributed by atoms with Gasteiger partial charge in [0.25, 0.3) is 0 Å². The van der Waals surface area contributed by atoms with E-state index in [0.717, 1.165) is 24.0 Å². The van der Waals surface area contributed by atoms with Crippen LogP contribution in [0.5, 0.6) is 0 Å². The normalized spacial score (nSPS) is 24.3. The molecule has 0 aromatic carbocycles. The molecule has 0 heterocycles. The highest BCUT2D eigenvalue weighted by atomic mass is 32.1. The largest absolute Gasteiger partial charge is 0.391 e. The Kier molecular flexibility index (Phi) is 15.6. The summed E-state index contributed by atoms with van der Waals surface area (Å²) in [6, 6.07) is 0. The molecule has 2 nitrogen and oxygen atoms in total. The van der Waals surface area contributed by atoms with Crippen LogP contribution in [0.25, 0.3) is 0 Å². The molecule has 2 aliphatic rings. The second-order valence-corrected chi connectivity index (χ2v) is 16.4. The van der Waals surface area contributed by atoms with Crippen molar-refractivity contribution in [2.24, 2.45) is 22.7 Å². The van der Waals surface area contributed by atoms with Crippen LogP contribution in [0, 0.1) is 22.7 Å². The molecule has 0 spiro atoms. The zero-order valence-electron chi connectivity index (χ0n) is 29.5. The standard InChI is InChI=1S/C40H64O2S2/c1-27(19-21-33-29(3)17-13-23-39(33,7)8)25-35(43)37(41)31(5)15-11-12-16-32(6)38(42)36(44)26-28(2)20-22-34-30(4)18-14-24-40(34,9)10/h11-12,19-22,25-26,31-32,35-38,41-44H,13-18,23-24H2,1-10H3/b12-11+,21-19+,22-20+,27-25+,28-26+. The van der Waals surface area contributed by atoms with Gasteiger partial charge < -0.3 is 10.2 Å². The molecule has 248 valence electrons. The lowest BCUT2D eigenvalue weighted by Gasteiger charge is -2.33. The monoisotopic (exact) mass is 640 g/mol. The van der Waals surface area contributed by atoms with Crippen LogP contribution in [0.2, 0.25) is 0 Å². The lowest BCUT2D eigenvalue weighted by Crippen LogP contribution is -2.27. The summed E-state index contributed by atoms with van der Waals surface area (Å²) in [5.74, 6) is 0.152. The maximum atomic E-state index is 10.9. The Balaban J connectivity index is 1.86. The second-order valence-electron chi connectivity index (χ2n) is 15.2. The lowest BCUT2D eigenvalue weighted by molar-refractivity contribution is 0.124. The molecule has 44 heavy (non-hydrogen) atoms. The van der Waals surface area contributed by atoms with Crippen molar-refractivity contribution in [3.8, 4) is 0 Å². The van der Waals surface area contributed by atoms with E-state index in [9.17, 15) is 10.2 Å². The molecule has 0 aliphatic heterocycles. The SMILES string of the molecule is CC1=C(/C=C/C(C)=C/C(S)C(O)C(C)C/C=C/CC(C)C(O)C(S)/C=C(C)/C=C/C2=C(C)CCCC2(C)C)C(C)(C)CCC1. The number of rotatable bonds is 14. The molecule has 0 saturated carbocycles. The van der Waals surface area contributed by atoms with Crippen LogP contribution < -0.4 is 0 Å². The number of aliphatic hydroxyl groups excluding tert-OH is 2. The first-order valence-electron chi connectivity index (χ1n) is 17.0. The van der Waals surface area contributed by atoms with Gasteiger partial charge in [-0.15, -0.1) is 0 Å². The van der Waals surface area contributed by atoms with E-state index < -0.39 is 12.2 Å². The summed E-state index contributed by atoms with van der Waals surface area (Å²) in [5.41, 5.74) is 8.57. The molecule has 2 rings (SSSR count). The first-order valence-corrected chi connectivity index (χ1v) is 18.0. The molecule has 2 N–H and O–H groups in total. The number of hydrogen-bond acceptors (Lipinski definition) is 4. The minimum absolute atomic E-state index is 0.0760. The molecule has 0 aromatic rings. The molecule has 0 bridgehead atoms. The number of allylic oxidation sites excluding steroid dienone is 12. The Morgan fingerprint density at radius 1 is 0.705 bits per heavy atom. The van der Waals surface area contributed by atoms with E-state index in [0.29, 0.717) is 0 Å². The first kappa shape index (κ1) is 39.0. The molecular weight excluding hydrogens is 577 g/mol. The van der Waals surface area contributed by atoms with Crippen LogP contribution in [-0.2, 0) is 0 Å². The van der Waals surface area contributed by atoms with Gasteiger partial charge in [0.1, 0.15) is 0 Å². The third kappa shape index (κ3) is 11.9. The van der Waals surface area contributed by atoms with Crippen LogP contribution in [0.15, 0.2) is 82.0 Å². The average Bonchev–Trinajstić information content (AvgIpc) is 2.92. The van der Waals surface area contributed by atoms with Crippen LogP contribution in [0.3, 0.4) is 0 Å². The van der Waals surface area contributed by atoms with Gasteiger partial charge in [-0.3, -0.25) is 0 Å². The molecule has 6 unspecified atom stereocenters. The van der Waals surface area contributed by atoms with Gasteiger partial charge in [-0.1, -0.05) is 112 Å². The second kappa shape index (κ2) is 17.6. The van der Waals surface area contributed by atoms with Crippen molar-refractivity contribution in [3.05, 3.63) is 82.0 Å². The maximum Gasteiger partial charge on any atom is 0.0719 e. The predicted octanol–water partition coefficient (Wildman–Crippen LogP) is 11.0. The molecule has 0 fully saturated rings. The summed E-state index contributed by atoms with van der Waals surface area (Å²) in [6.07, 6.45) is 25.1. The summed E-state index contributed by atoms with van der Waals surface area (Å²) < 4.78 is 0.